The number of aliphatic hydroxyl groups excluding tert-OH is 1. The molecule has 3 N–H and O–H groups in total. The second kappa shape index (κ2) is 6.18. The van der Waals surface area contributed by atoms with Gasteiger partial charge in [0.1, 0.15) is 0 Å². The minimum Gasteiger partial charge on any atom is -0.391 e. The molecule has 0 fully saturated rings. The number of nitrogens with two attached hydrogens (primary N) is 1. The van der Waals surface area contributed by atoms with Gasteiger partial charge in [-0.15, -0.1) is 0 Å². The Bertz CT molecular complexity index is 530. The van der Waals surface area contributed by atoms with E-state index in [0.717, 1.165) is 23.8 Å². The molecular weight excluding hydrogens is 234 g/mol. The second-order valence-corrected chi connectivity index (χ2v) is 5.63. The fourth-order valence-electron chi connectivity index (χ4n) is 2.43. The van der Waals surface area contributed by atoms with Gasteiger partial charge in [0.2, 0.25) is 0 Å². The smallest absolute Gasteiger partial charge is 0.0733 e. The molecule has 2 atom stereocenters. The molecule has 2 aromatic rings. The van der Waals surface area contributed by atoms with Crippen LogP contribution in [-0.4, -0.2) is 11.2 Å². The fourth-order valence-corrected chi connectivity index (χ4v) is 2.43. The Morgan fingerprint density at radius 2 is 1.68 bits per heavy atom. The highest BCUT2D eigenvalue weighted by Gasteiger charge is 2.18. The average Bonchev–Trinajstić information content (AvgIpc) is 2.43. The summed E-state index contributed by atoms with van der Waals surface area (Å²) in [5.74, 6) is 0.592. The summed E-state index contributed by atoms with van der Waals surface area (Å²) < 4.78 is 0. The maximum absolute atomic E-state index is 10.3. The first kappa shape index (κ1) is 14.0. The Kier molecular flexibility index (Phi) is 4.56. The van der Waals surface area contributed by atoms with Gasteiger partial charge in [-0.1, -0.05) is 56.3 Å². The van der Waals surface area contributed by atoms with Crippen molar-refractivity contribution in [2.75, 3.05) is 0 Å². The molecule has 0 unspecified atom stereocenters. The zero-order valence-corrected chi connectivity index (χ0v) is 11.7. The van der Waals surface area contributed by atoms with Gasteiger partial charge in [-0.2, -0.15) is 0 Å². The van der Waals surface area contributed by atoms with Crippen LogP contribution in [0.1, 0.15) is 38.3 Å². The lowest BCUT2D eigenvalue weighted by Crippen LogP contribution is -2.26. The first-order valence-electron chi connectivity index (χ1n) is 7.01. The van der Waals surface area contributed by atoms with Crippen LogP contribution in [0.4, 0.5) is 0 Å². The van der Waals surface area contributed by atoms with E-state index in [-0.39, 0.29) is 6.04 Å². The monoisotopic (exact) mass is 257 g/mol. The zero-order chi connectivity index (χ0) is 13.8. The van der Waals surface area contributed by atoms with Crippen LogP contribution < -0.4 is 5.73 Å². The van der Waals surface area contributed by atoms with Gasteiger partial charge < -0.3 is 10.8 Å². The van der Waals surface area contributed by atoms with Crippen LogP contribution in [0.25, 0.3) is 10.8 Å². The molecule has 0 amide bonds. The van der Waals surface area contributed by atoms with Crippen molar-refractivity contribution in [3.63, 3.8) is 0 Å². The van der Waals surface area contributed by atoms with E-state index < -0.39 is 6.10 Å². The predicted molar refractivity (Wildman–Crippen MR) is 81.0 cm³/mol. The van der Waals surface area contributed by atoms with E-state index in [1.807, 2.05) is 24.3 Å². The van der Waals surface area contributed by atoms with Crippen molar-refractivity contribution in [1.82, 2.24) is 0 Å². The van der Waals surface area contributed by atoms with Crippen LogP contribution in [-0.2, 0) is 0 Å². The molecule has 19 heavy (non-hydrogen) atoms. The lowest BCUT2D eigenvalue weighted by molar-refractivity contribution is 0.129. The van der Waals surface area contributed by atoms with Gasteiger partial charge in [0.15, 0.2) is 0 Å². The lowest BCUT2D eigenvalue weighted by atomic mass is 9.92. The minimum absolute atomic E-state index is 0.315. The number of rotatable bonds is 5. The van der Waals surface area contributed by atoms with Crippen molar-refractivity contribution in [3.05, 3.63) is 48.0 Å². The molecule has 0 bridgehead atoms. The van der Waals surface area contributed by atoms with E-state index in [1.54, 1.807) is 0 Å². The molecule has 0 heterocycles. The molecule has 2 rings (SSSR count). The minimum atomic E-state index is -0.479. The molecule has 0 aromatic heterocycles. The van der Waals surface area contributed by atoms with Crippen LogP contribution in [0.15, 0.2) is 42.5 Å². The van der Waals surface area contributed by atoms with Crippen molar-refractivity contribution < 1.29 is 5.11 Å². The first-order valence-corrected chi connectivity index (χ1v) is 7.01. The highest BCUT2D eigenvalue weighted by atomic mass is 16.3. The third kappa shape index (κ3) is 3.34. The maximum Gasteiger partial charge on any atom is 0.0733 e. The van der Waals surface area contributed by atoms with Gasteiger partial charge >= 0.3 is 0 Å². The van der Waals surface area contributed by atoms with Crippen LogP contribution >= 0.6 is 0 Å². The summed E-state index contributed by atoms with van der Waals surface area (Å²) in [5, 5.41) is 12.6. The van der Waals surface area contributed by atoms with Crippen molar-refractivity contribution in [2.24, 2.45) is 11.7 Å². The summed E-state index contributed by atoms with van der Waals surface area (Å²) in [4.78, 5) is 0. The summed E-state index contributed by atoms with van der Waals surface area (Å²) >= 11 is 0. The molecule has 0 spiro atoms. The second-order valence-electron chi connectivity index (χ2n) is 5.63. The quantitative estimate of drug-likeness (QED) is 0.859. The van der Waals surface area contributed by atoms with E-state index in [4.69, 9.17) is 5.73 Å². The van der Waals surface area contributed by atoms with Crippen LogP contribution in [0.5, 0.6) is 0 Å². The Hall–Kier alpha value is -1.38. The van der Waals surface area contributed by atoms with Gasteiger partial charge in [0.05, 0.1) is 12.1 Å². The van der Waals surface area contributed by atoms with E-state index in [1.165, 1.54) is 5.39 Å². The third-order valence-electron chi connectivity index (χ3n) is 3.64. The van der Waals surface area contributed by atoms with E-state index >= 15 is 0 Å². The molecule has 0 saturated carbocycles. The first-order chi connectivity index (χ1) is 9.09. The van der Waals surface area contributed by atoms with Crippen molar-refractivity contribution in [1.29, 1.82) is 0 Å². The topological polar surface area (TPSA) is 46.2 Å². The van der Waals surface area contributed by atoms with Crippen molar-refractivity contribution >= 4 is 10.8 Å². The number of fused-ring (bicyclic) bond motifs is 1. The number of aliphatic hydroxyl groups is 1. The Morgan fingerprint density at radius 3 is 2.42 bits per heavy atom. The van der Waals surface area contributed by atoms with Crippen molar-refractivity contribution in [3.8, 4) is 0 Å². The average molecular weight is 257 g/mol. The highest BCUT2D eigenvalue weighted by Crippen LogP contribution is 2.26. The van der Waals surface area contributed by atoms with Crippen LogP contribution in [0, 0.1) is 5.92 Å². The standard InChI is InChI=1S/C17H23NO/c1-12(2)10-11-16(19)17(18)15-9-5-7-13-6-3-4-8-14(13)15/h3-9,12,16-17,19H,10-11,18H2,1-2H3/t16-,17+/m0/s1. The van der Waals surface area contributed by atoms with Gasteiger partial charge in [0.25, 0.3) is 0 Å². The van der Waals surface area contributed by atoms with Gasteiger partial charge in [-0.05, 0) is 35.1 Å². The molecular formula is C17H23NO. The van der Waals surface area contributed by atoms with E-state index in [2.05, 4.69) is 32.0 Å². The summed E-state index contributed by atoms with van der Waals surface area (Å²) in [6, 6.07) is 14.0. The Balaban J connectivity index is 2.23. The SMILES string of the molecule is CC(C)CC[C@H](O)[C@H](N)c1cccc2ccccc12. The lowest BCUT2D eigenvalue weighted by Gasteiger charge is -2.21. The maximum atomic E-state index is 10.3. The predicted octanol–water partition coefficient (Wildman–Crippen LogP) is 3.64. The largest absolute Gasteiger partial charge is 0.391 e. The van der Waals surface area contributed by atoms with E-state index in [0.29, 0.717) is 5.92 Å². The third-order valence-corrected chi connectivity index (χ3v) is 3.64. The fraction of sp³-hybridized carbons (Fsp3) is 0.412. The van der Waals surface area contributed by atoms with Crippen LogP contribution in [0.2, 0.25) is 0 Å². The molecule has 0 aliphatic carbocycles. The van der Waals surface area contributed by atoms with Crippen LogP contribution in [0.3, 0.4) is 0 Å². The normalized spacial score (nSPS) is 14.8. The molecule has 2 nitrogen and oxygen atoms in total. The zero-order valence-electron chi connectivity index (χ0n) is 11.7. The van der Waals surface area contributed by atoms with E-state index in [9.17, 15) is 5.11 Å². The number of hydrogen-bond acceptors (Lipinski definition) is 2. The van der Waals surface area contributed by atoms with Gasteiger partial charge in [0, 0.05) is 0 Å². The summed E-state index contributed by atoms with van der Waals surface area (Å²) in [6.45, 7) is 4.33. The highest BCUT2D eigenvalue weighted by molar-refractivity contribution is 5.86. The summed E-state index contributed by atoms with van der Waals surface area (Å²) in [6.07, 6.45) is 1.27. The van der Waals surface area contributed by atoms with Gasteiger partial charge in [-0.3, -0.25) is 0 Å². The number of benzene rings is 2. The molecule has 2 heteroatoms. The molecule has 0 saturated heterocycles. The molecule has 0 aliphatic rings. The Labute approximate surface area is 115 Å². The molecule has 0 aliphatic heterocycles. The van der Waals surface area contributed by atoms with Crippen molar-refractivity contribution in [2.45, 2.75) is 38.8 Å². The van der Waals surface area contributed by atoms with Gasteiger partial charge in [-0.25, -0.2) is 0 Å². The molecule has 0 radical (unpaired) electrons. The molecule has 102 valence electrons. The summed E-state index contributed by atoms with van der Waals surface area (Å²) in [7, 11) is 0. The Morgan fingerprint density at radius 1 is 1.00 bits per heavy atom. The number of hydrogen-bond donors (Lipinski definition) is 2. The molecule has 2 aromatic carbocycles. The summed E-state index contributed by atoms with van der Waals surface area (Å²) in [5.41, 5.74) is 7.28.